The fourth-order valence-electron chi connectivity index (χ4n) is 2.21. The van der Waals surface area contributed by atoms with Crippen molar-refractivity contribution in [3.8, 4) is 5.75 Å². The van der Waals surface area contributed by atoms with Gasteiger partial charge < -0.3 is 20.1 Å². The normalized spacial score (nSPS) is 12.6. The van der Waals surface area contributed by atoms with Gasteiger partial charge in [-0.1, -0.05) is 25.5 Å². The van der Waals surface area contributed by atoms with Gasteiger partial charge >= 0.3 is 0 Å². The monoisotopic (exact) mass is 311 g/mol. The van der Waals surface area contributed by atoms with Crippen LogP contribution in [0.15, 0.2) is 24.3 Å². The predicted molar refractivity (Wildman–Crippen MR) is 87.0 cm³/mol. The fourth-order valence-corrected chi connectivity index (χ4v) is 2.21. The van der Waals surface area contributed by atoms with E-state index in [0.29, 0.717) is 26.1 Å². The van der Waals surface area contributed by atoms with Gasteiger partial charge in [-0.15, -0.1) is 0 Å². The van der Waals surface area contributed by atoms with Crippen LogP contribution in [0.25, 0.3) is 0 Å². The molecule has 1 rings (SSSR count). The topological polar surface area (TPSA) is 73.2 Å². The van der Waals surface area contributed by atoms with Crippen molar-refractivity contribution in [1.82, 2.24) is 4.90 Å². The molecule has 0 heterocycles. The molecule has 0 fully saturated rings. The summed E-state index contributed by atoms with van der Waals surface area (Å²) in [4.78, 5) is 1.94. The summed E-state index contributed by atoms with van der Waals surface area (Å²) in [6, 6.07) is 7.53. The van der Waals surface area contributed by atoms with Gasteiger partial charge in [0.05, 0.1) is 25.9 Å². The van der Waals surface area contributed by atoms with E-state index < -0.39 is 6.10 Å². The molecule has 0 radical (unpaired) electrons. The van der Waals surface area contributed by atoms with Crippen molar-refractivity contribution in [3.63, 3.8) is 0 Å². The number of unbranched alkanes of at least 4 members (excludes halogenated alkanes) is 1. The smallest absolute Gasteiger partial charge is 0.119 e. The van der Waals surface area contributed by atoms with Crippen molar-refractivity contribution in [2.24, 2.45) is 0 Å². The zero-order valence-electron chi connectivity index (χ0n) is 13.4. The first-order chi connectivity index (χ1) is 10.7. The first-order valence-corrected chi connectivity index (χ1v) is 8.06. The Labute approximate surface area is 133 Å². The van der Waals surface area contributed by atoms with Gasteiger partial charge in [0.2, 0.25) is 0 Å². The van der Waals surface area contributed by atoms with Crippen molar-refractivity contribution < 1.29 is 20.1 Å². The number of ether oxygens (including phenoxy) is 1. The molecule has 0 aliphatic heterocycles. The molecule has 1 unspecified atom stereocenters. The van der Waals surface area contributed by atoms with E-state index in [2.05, 4.69) is 6.92 Å². The predicted octanol–water partition coefficient (Wildman–Crippen LogP) is 1.58. The summed E-state index contributed by atoms with van der Waals surface area (Å²) in [6.07, 6.45) is 2.16. The number of aliphatic hydroxyl groups excluding tert-OH is 3. The second kappa shape index (κ2) is 11.4. The van der Waals surface area contributed by atoms with E-state index in [1.807, 2.05) is 29.2 Å². The summed E-state index contributed by atoms with van der Waals surface area (Å²) in [5.74, 6) is 0.826. The van der Waals surface area contributed by atoms with Gasteiger partial charge in [0.1, 0.15) is 5.75 Å². The molecule has 5 nitrogen and oxygen atoms in total. The highest BCUT2D eigenvalue weighted by Gasteiger charge is 2.11. The number of hydrogen-bond donors (Lipinski definition) is 3. The van der Waals surface area contributed by atoms with Crippen LogP contribution < -0.4 is 4.74 Å². The highest BCUT2D eigenvalue weighted by atomic mass is 16.5. The molecule has 0 aliphatic carbocycles. The molecule has 0 amide bonds. The van der Waals surface area contributed by atoms with Crippen LogP contribution in [-0.2, 0) is 0 Å². The second-order valence-corrected chi connectivity index (χ2v) is 5.36. The highest BCUT2D eigenvalue weighted by molar-refractivity contribution is 5.28. The standard InChI is InChI=1S/C17H29NO4/c1-2-3-14-22-16-6-4-15(5-7-16)17(21)8-9-18(10-12-19)11-13-20/h4-7,17,19-21H,2-3,8-14H2,1H3. The van der Waals surface area contributed by atoms with Crippen LogP contribution in [0.4, 0.5) is 0 Å². The van der Waals surface area contributed by atoms with Crippen LogP contribution in [0.5, 0.6) is 5.75 Å². The van der Waals surface area contributed by atoms with Crippen molar-refractivity contribution >= 4 is 0 Å². The summed E-state index contributed by atoms with van der Waals surface area (Å²) in [7, 11) is 0. The zero-order chi connectivity index (χ0) is 16.2. The Balaban J connectivity index is 2.42. The van der Waals surface area contributed by atoms with Crippen LogP contribution in [0.1, 0.15) is 37.9 Å². The van der Waals surface area contributed by atoms with E-state index in [9.17, 15) is 5.11 Å². The maximum atomic E-state index is 10.2. The maximum absolute atomic E-state index is 10.2. The number of aliphatic hydroxyl groups is 3. The van der Waals surface area contributed by atoms with Gasteiger partial charge in [-0.25, -0.2) is 0 Å². The second-order valence-electron chi connectivity index (χ2n) is 5.36. The third kappa shape index (κ3) is 7.22. The Morgan fingerprint density at radius 2 is 1.68 bits per heavy atom. The van der Waals surface area contributed by atoms with Crippen LogP contribution in [0.3, 0.4) is 0 Å². The average Bonchev–Trinajstić information content (AvgIpc) is 2.53. The molecule has 22 heavy (non-hydrogen) atoms. The van der Waals surface area contributed by atoms with E-state index in [-0.39, 0.29) is 13.2 Å². The minimum absolute atomic E-state index is 0.0554. The number of benzene rings is 1. The third-order valence-electron chi connectivity index (χ3n) is 3.58. The minimum atomic E-state index is -0.551. The van der Waals surface area contributed by atoms with Gasteiger partial charge in [0.25, 0.3) is 0 Å². The van der Waals surface area contributed by atoms with E-state index in [0.717, 1.165) is 30.8 Å². The molecule has 126 valence electrons. The molecular formula is C17H29NO4. The van der Waals surface area contributed by atoms with Crippen molar-refractivity contribution in [2.75, 3.05) is 39.5 Å². The molecule has 0 spiro atoms. The van der Waals surface area contributed by atoms with E-state index in [1.165, 1.54) is 0 Å². The molecule has 1 aromatic carbocycles. The van der Waals surface area contributed by atoms with E-state index in [1.54, 1.807) is 0 Å². The Morgan fingerprint density at radius 3 is 2.23 bits per heavy atom. The molecular weight excluding hydrogens is 282 g/mol. The molecule has 0 aliphatic rings. The molecule has 0 bridgehead atoms. The van der Waals surface area contributed by atoms with E-state index >= 15 is 0 Å². The largest absolute Gasteiger partial charge is 0.494 e. The lowest BCUT2D eigenvalue weighted by Gasteiger charge is -2.22. The minimum Gasteiger partial charge on any atom is -0.494 e. The number of rotatable bonds is 12. The highest BCUT2D eigenvalue weighted by Crippen LogP contribution is 2.20. The van der Waals surface area contributed by atoms with Crippen molar-refractivity contribution in [2.45, 2.75) is 32.3 Å². The lowest BCUT2D eigenvalue weighted by molar-refractivity contribution is 0.118. The molecule has 1 atom stereocenters. The van der Waals surface area contributed by atoms with Gasteiger partial charge in [0.15, 0.2) is 0 Å². The molecule has 0 saturated heterocycles. The van der Waals surface area contributed by atoms with Gasteiger partial charge in [-0.05, 0) is 30.5 Å². The Morgan fingerprint density at radius 1 is 1.05 bits per heavy atom. The van der Waals surface area contributed by atoms with Crippen molar-refractivity contribution in [3.05, 3.63) is 29.8 Å². The number of nitrogens with zero attached hydrogens (tertiary/aromatic N) is 1. The summed E-state index contributed by atoms with van der Waals surface area (Å²) in [5.41, 5.74) is 0.857. The van der Waals surface area contributed by atoms with Crippen LogP contribution >= 0.6 is 0 Å². The van der Waals surface area contributed by atoms with Gasteiger partial charge in [-0.3, -0.25) is 4.90 Å². The molecule has 0 aromatic heterocycles. The van der Waals surface area contributed by atoms with Crippen LogP contribution in [-0.4, -0.2) is 59.7 Å². The molecule has 0 saturated carbocycles. The Hall–Kier alpha value is -1.14. The molecule has 5 heteroatoms. The van der Waals surface area contributed by atoms with Crippen LogP contribution in [0, 0.1) is 0 Å². The SMILES string of the molecule is CCCCOc1ccc(C(O)CCN(CCO)CCO)cc1. The molecule has 3 N–H and O–H groups in total. The zero-order valence-corrected chi connectivity index (χ0v) is 13.4. The van der Waals surface area contributed by atoms with Crippen molar-refractivity contribution in [1.29, 1.82) is 0 Å². The summed E-state index contributed by atoms with van der Waals surface area (Å²) < 4.78 is 5.60. The first kappa shape index (κ1) is 18.9. The summed E-state index contributed by atoms with van der Waals surface area (Å²) in [6.45, 7) is 4.61. The maximum Gasteiger partial charge on any atom is 0.119 e. The van der Waals surface area contributed by atoms with Crippen LogP contribution in [0.2, 0.25) is 0 Å². The lowest BCUT2D eigenvalue weighted by atomic mass is 10.1. The average molecular weight is 311 g/mol. The Kier molecular flexibility index (Phi) is 9.82. The Bertz CT molecular complexity index is 377. The summed E-state index contributed by atoms with van der Waals surface area (Å²) in [5, 5.41) is 28.1. The third-order valence-corrected chi connectivity index (χ3v) is 3.58. The fraction of sp³-hybridized carbons (Fsp3) is 0.647. The van der Waals surface area contributed by atoms with Gasteiger partial charge in [-0.2, -0.15) is 0 Å². The lowest BCUT2D eigenvalue weighted by Crippen LogP contribution is -2.31. The van der Waals surface area contributed by atoms with Gasteiger partial charge in [0, 0.05) is 19.6 Å². The quantitative estimate of drug-likeness (QED) is 0.511. The van der Waals surface area contributed by atoms with E-state index in [4.69, 9.17) is 14.9 Å². The molecule has 1 aromatic rings. The number of hydrogen-bond acceptors (Lipinski definition) is 5. The first-order valence-electron chi connectivity index (χ1n) is 8.06. The summed E-state index contributed by atoms with van der Waals surface area (Å²) >= 11 is 0.